The van der Waals surface area contributed by atoms with E-state index in [1.165, 1.54) is 6.92 Å². The Labute approximate surface area is 115 Å². The van der Waals surface area contributed by atoms with Crippen molar-refractivity contribution in [2.45, 2.75) is 43.9 Å². The number of oxime groups is 1. The molecule has 0 saturated carbocycles. The van der Waals surface area contributed by atoms with Gasteiger partial charge < -0.3 is 29.7 Å². The minimum Gasteiger partial charge on any atom is -0.714 e. The molecule has 5 atom stereocenters. The maximum Gasteiger partial charge on any atom is 0.283 e. The van der Waals surface area contributed by atoms with Crippen LogP contribution in [0.15, 0.2) is 5.16 Å². The van der Waals surface area contributed by atoms with Crippen LogP contribution in [-0.2, 0) is 19.4 Å². The maximum atomic E-state index is 10.2. The van der Waals surface area contributed by atoms with Crippen LogP contribution in [0.4, 0.5) is 0 Å². The van der Waals surface area contributed by atoms with Gasteiger partial charge in [0.05, 0.1) is 18.4 Å². The van der Waals surface area contributed by atoms with Crippen molar-refractivity contribution in [3.05, 3.63) is 0 Å². The molecule has 4 N–H and O–H groups in total. The zero-order valence-electron chi connectivity index (χ0n) is 10.5. The average Bonchev–Trinajstić information content (AvgIpc) is 2.36. The van der Waals surface area contributed by atoms with E-state index in [2.05, 4.69) is 9.44 Å². The van der Waals surface area contributed by atoms with E-state index in [4.69, 9.17) is 9.84 Å². The molecule has 0 aromatic heterocycles. The van der Waals surface area contributed by atoms with Crippen molar-refractivity contribution >= 4 is 16.1 Å². The molecule has 0 aromatic rings. The van der Waals surface area contributed by atoms with Crippen LogP contribution in [0.3, 0.4) is 0 Å². The fourth-order valence-electron chi connectivity index (χ4n) is 1.78. The second-order valence-electron chi connectivity index (χ2n) is 4.38. The first-order valence-corrected chi connectivity index (χ1v) is 6.97. The molecule has 1 rings (SSSR count). The summed E-state index contributed by atoms with van der Waals surface area (Å²) in [5.41, 5.74) is 0.00811. The van der Waals surface area contributed by atoms with Crippen molar-refractivity contribution in [1.29, 1.82) is 0 Å². The molecule has 0 amide bonds. The van der Waals surface area contributed by atoms with E-state index in [0.717, 1.165) is 0 Å². The molecule has 1 fully saturated rings. The van der Waals surface area contributed by atoms with Crippen LogP contribution < -0.4 is 0 Å². The van der Waals surface area contributed by atoms with Crippen molar-refractivity contribution in [1.82, 2.24) is 0 Å². The summed E-state index contributed by atoms with van der Waals surface area (Å²) in [6.45, 7) is 0.732. The van der Waals surface area contributed by atoms with Crippen molar-refractivity contribution in [2.24, 2.45) is 5.16 Å². The van der Waals surface area contributed by atoms with Crippen molar-refractivity contribution < 1.29 is 42.4 Å². The molecule has 1 aliphatic heterocycles. The molecule has 20 heavy (non-hydrogen) atoms. The number of aliphatic hydroxyl groups is 4. The summed E-state index contributed by atoms with van der Waals surface area (Å²) in [7, 11) is -4.98. The Morgan fingerprint density at radius 1 is 1.25 bits per heavy atom. The summed E-state index contributed by atoms with van der Waals surface area (Å²) in [5.74, 6) is 0. The van der Waals surface area contributed by atoms with Crippen LogP contribution in [-0.4, -0.2) is 76.2 Å². The van der Waals surface area contributed by atoms with E-state index in [0.29, 0.717) is 0 Å². The number of ether oxygens (including phenoxy) is 1. The Morgan fingerprint density at radius 3 is 2.30 bits per heavy atom. The standard InChI is InChI=1S/C9H17NO9S/c1-4(10-19-20(15,16)17)2-5-7(12)9(14)8(13)6(3-11)18-5/h5-9,11-14H,2-3H2,1H3,(H,15,16,17)/p-1/b10-4+/t5-,6+,7-,8+,9+/m0/s1. The van der Waals surface area contributed by atoms with Gasteiger partial charge in [0.15, 0.2) is 0 Å². The minimum atomic E-state index is -4.98. The summed E-state index contributed by atoms with van der Waals surface area (Å²) < 4.78 is 39.5. The van der Waals surface area contributed by atoms with Gasteiger partial charge in [-0.15, -0.1) is 0 Å². The molecule has 0 radical (unpaired) electrons. The zero-order chi connectivity index (χ0) is 15.5. The first-order chi connectivity index (χ1) is 9.15. The van der Waals surface area contributed by atoms with Gasteiger partial charge in [-0.3, -0.25) is 4.28 Å². The molecule has 118 valence electrons. The molecule has 1 heterocycles. The first-order valence-electron chi connectivity index (χ1n) is 5.64. The molecule has 1 saturated heterocycles. The summed E-state index contributed by atoms with van der Waals surface area (Å²) >= 11 is 0. The normalized spacial score (nSPS) is 35.9. The SMILES string of the molecule is C/C(C[C@@H]1O[C@H](CO)[C@@H](O)[C@H](O)[C@H]1O)=N\OS(=O)(=O)[O-]. The van der Waals surface area contributed by atoms with Crippen LogP contribution in [0.2, 0.25) is 0 Å². The minimum absolute atomic E-state index is 0.00811. The Kier molecular flexibility index (Phi) is 5.82. The van der Waals surface area contributed by atoms with Gasteiger partial charge in [0.25, 0.3) is 10.4 Å². The third-order valence-corrected chi connectivity index (χ3v) is 3.03. The predicted molar refractivity (Wildman–Crippen MR) is 62.3 cm³/mol. The Morgan fingerprint density at radius 2 is 1.80 bits per heavy atom. The second kappa shape index (κ2) is 6.76. The van der Waals surface area contributed by atoms with Crippen LogP contribution in [0.25, 0.3) is 0 Å². The van der Waals surface area contributed by atoms with Crippen molar-refractivity contribution in [3.8, 4) is 0 Å². The van der Waals surface area contributed by atoms with E-state index >= 15 is 0 Å². The van der Waals surface area contributed by atoms with Gasteiger partial charge in [0, 0.05) is 6.42 Å². The molecule has 0 aromatic carbocycles. The fourth-order valence-corrected chi connectivity index (χ4v) is 2.00. The maximum absolute atomic E-state index is 10.2. The van der Waals surface area contributed by atoms with Gasteiger partial charge in [0.2, 0.25) is 0 Å². The summed E-state index contributed by atoms with van der Waals surface area (Å²) in [6, 6.07) is 0. The molecule has 10 nitrogen and oxygen atoms in total. The fraction of sp³-hybridized carbons (Fsp3) is 0.889. The molecule has 0 spiro atoms. The monoisotopic (exact) mass is 314 g/mol. The van der Waals surface area contributed by atoms with Gasteiger partial charge in [0.1, 0.15) is 24.4 Å². The lowest BCUT2D eigenvalue weighted by Gasteiger charge is -2.40. The predicted octanol–water partition coefficient (Wildman–Crippen LogP) is -2.93. The van der Waals surface area contributed by atoms with Crippen molar-refractivity contribution in [2.75, 3.05) is 6.61 Å². The lowest BCUT2D eigenvalue weighted by Crippen LogP contribution is -2.58. The number of hydrogen-bond acceptors (Lipinski definition) is 10. The number of aliphatic hydroxyl groups excluding tert-OH is 4. The summed E-state index contributed by atoms with van der Waals surface area (Å²) in [4.78, 5) is 0. The quantitative estimate of drug-likeness (QED) is 0.179. The average molecular weight is 314 g/mol. The van der Waals surface area contributed by atoms with Gasteiger partial charge in [-0.1, -0.05) is 5.16 Å². The van der Waals surface area contributed by atoms with E-state index in [1.807, 2.05) is 0 Å². The topological polar surface area (TPSA) is 169 Å². The highest BCUT2D eigenvalue weighted by Gasteiger charge is 2.43. The van der Waals surface area contributed by atoms with Gasteiger partial charge >= 0.3 is 0 Å². The summed E-state index contributed by atoms with van der Waals surface area (Å²) in [6.07, 6.45) is -6.79. The Hall–Kier alpha value is -0.820. The largest absolute Gasteiger partial charge is 0.714 e. The molecule has 11 heteroatoms. The van der Waals surface area contributed by atoms with E-state index in [1.54, 1.807) is 0 Å². The van der Waals surface area contributed by atoms with Crippen molar-refractivity contribution in [3.63, 3.8) is 0 Å². The third-order valence-electron chi connectivity index (χ3n) is 2.77. The lowest BCUT2D eigenvalue weighted by molar-refractivity contribution is -0.227. The molecule has 1 aliphatic rings. The number of hydrogen-bond donors (Lipinski definition) is 4. The third kappa shape index (κ3) is 4.63. The number of nitrogens with zero attached hydrogens (tertiary/aromatic N) is 1. The molecular weight excluding hydrogens is 298 g/mol. The van der Waals surface area contributed by atoms with Crippen LogP contribution >= 0.6 is 0 Å². The first kappa shape index (κ1) is 17.2. The highest BCUT2D eigenvalue weighted by atomic mass is 32.3. The molecular formula is C9H16NO9S-. The van der Waals surface area contributed by atoms with Crippen LogP contribution in [0, 0.1) is 0 Å². The highest BCUT2D eigenvalue weighted by Crippen LogP contribution is 2.23. The zero-order valence-corrected chi connectivity index (χ0v) is 11.3. The second-order valence-corrected chi connectivity index (χ2v) is 5.35. The van der Waals surface area contributed by atoms with E-state index < -0.39 is 47.5 Å². The van der Waals surface area contributed by atoms with Crippen LogP contribution in [0.1, 0.15) is 13.3 Å². The smallest absolute Gasteiger partial charge is 0.283 e. The molecule has 0 unspecified atom stereocenters. The van der Waals surface area contributed by atoms with Gasteiger partial charge in [-0.25, -0.2) is 0 Å². The Bertz CT molecular complexity index is 448. The van der Waals surface area contributed by atoms with E-state index in [-0.39, 0.29) is 12.1 Å². The molecule has 0 bridgehead atoms. The highest BCUT2D eigenvalue weighted by molar-refractivity contribution is 7.80. The van der Waals surface area contributed by atoms with Gasteiger partial charge in [-0.05, 0) is 6.92 Å². The lowest BCUT2D eigenvalue weighted by atomic mass is 9.93. The Balaban J connectivity index is 2.71. The van der Waals surface area contributed by atoms with E-state index in [9.17, 15) is 28.3 Å². The van der Waals surface area contributed by atoms with Crippen LogP contribution in [0.5, 0.6) is 0 Å². The van der Waals surface area contributed by atoms with Gasteiger partial charge in [-0.2, -0.15) is 8.42 Å². The molecule has 0 aliphatic carbocycles. The summed E-state index contributed by atoms with van der Waals surface area (Å²) in [5, 5.41) is 40.8. The number of rotatable bonds is 5.